The number of aromatic nitrogens is 1. The molecule has 2 N–H and O–H groups in total. The predicted molar refractivity (Wildman–Crippen MR) is 114 cm³/mol. The fraction of sp³-hybridized carbons (Fsp3) is 0.174. The van der Waals surface area contributed by atoms with E-state index in [2.05, 4.69) is 15.6 Å². The molecule has 0 unspecified atom stereocenters. The lowest BCUT2D eigenvalue weighted by Gasteiger charge is -2.10. The van der Waals surface area contributed by atoms with E-state index < -0.39 is 0 Å². The minimum atomic E-state index is -0.359. The number of carbonyl (C=O) groups is 2. The Hall–Kier alpha value is -3.67. The molecule has 0 radical (unpaired) electrons. The first-order chi connectivity index (χ1) is 14.0. The molecule has 3 rings (SSSR count). The number of ether oxygens (including phenoxy) is 1. The Kier molecular flexibility index (Phi) is 6.24. The molecule has 0 saturated heterocycles. The van der Waals surface area contributed by atoms with Crippen molar-refractivity contribution in [1.29, 1.82) is 0 Å². The number of hydrogen-bond acceptors (Lipinski definition) is 5. The van der Waals surface area contributed by atoms with E-state index in [4.69, 9.17) is 4.74 Å². The van der Waals surface area contributed by atoms with E-state index in [-0.39, 0.29) is 11.9 Å². The van der Waals surface area contributed by atoms with Gasteiger partial charge in [0.2, 0.25) is 0 Å². The van der Waals surface area contributed by atoms with Gasteiger partial charge in [-0.3, -0.25) is 4.79 Å². The molecule has 29 heavy (non-hydrogen) atoms. The van der Waals surface area contributed by atoms with E-state index in [0.29, 0.717) is 23.6 Å². The maximum Gasteiger partial charge on any atom is 0.338 e. The maximum atomic E-state index is 12.6. The molecule has 0 aliphatic heterocycles. The van der Waals surface area contributed by atoms with E-state index in [1.807, 2.05) is 32.0 Å². The van der Waals surface area contributed by atoms with Gasteiger partial charge in [-0.15, -0.1) is 0 Å². The standard InChI is InChI=1S/C23H23N3O3/c1-4-29-23(28)17-6-9-19(10-7-17)25-21-14-18(11-12-24-21)22(27)26-20-8-5-15(2)16(3)13-20/h5-14H,4H2,1-3H3,(H,24,25)(H,26,27). The summed E-state index contributed by atoms with van der Waals surface area (Å²) in [6.45, 7) is 6.14. The lowest BCUT2D eigenvalue weighted by atomic mass is 10.1. The third kappa shape index (κ3) is 5.19. The third-order valence-electron chi connectivity index (χ3n) is 4.46. The van der Waals surface area contributed by atoms with Crippen LogP contribution in [-0.4, -0.2) is 23.5 Å². The lowest BCUT2D eigenvalue weighted by Crippen LogP contribution is -2.12. The van der Waals surface area contributed by atoms with Gasteiger partial charge in [0.05, 0.1) is 12.2 Å². The highest BCUT2D eigenvalue weighted by molar-refractivity contribution is 6.04. The second-order valence-corrected chi connectivity index (χ2v) is 6.61. The summed E-state index contributed by atoms with van der Waals surface area (Å²) in [5, 5.41) is 6.04. The first kappa shape index (κ1) is 20.1. The molecule has 0 aliphatic carbocycles. The number of aryl methyl sites for hydroxylation is 2. The van der Waals surface area contributed by atoms with Crippen LogP contribution in [0.1, 0.15) is 38.8 Å². The van der Waals surface area contributed by atoms with Crippen LogP contribution in [0.15, 0.2) is 60.8 Å². The molecular weight excluding hydrogens is 366 g/mol. The second kappa shape index (κ2) is 9.01. The Bertz CT molecular complexity index is 1030. The molecule has 148 valence electrons. The zero-order valence-electron chi connectivity index (χ0n) is 16.7. The summed E-state index contributed by atoms with van der Waals surface area (Å²) in [4.78, 5) is 28.6. The molecule has 0 atom stereocenters. The average molecular weight is 389 g/mol. The fourth-order valence-electron chi connectivity index (χ4n) is 2.71. The number of rotatable bonds is 6. The van der Waals surface area contributed by atoms with Crippen LogP contribution in [0, 0.1) is 13.8 Å². The lowest BCUT2D eigenvalue weighted by molar-refractivity contribution is 0.0526. The summed E-state index contributed by atoms with van der Waals surface area (Å²) in [5.41, 5.74) is 4.76. The number of anilines is 3. The molecule has 1 aromatic heterocycles. The summed E-state index contributed by atoms with van der Waals surface area (Å²) in [6, 6.07) is 16.0. The number of amides is 1. The van der Waals surface area contributed by atoms with Crippen LogP contribution >= 0.6 is 0 Å². The highest BCUT2D eigenvalue weighted by atomic mass is 16.5. The molecule has 0 bridgehead atoms. The number of nitrogens with one attached hydrogen (secondary N) is 2. The molecule has 0 fully saturated rings. The highest BCUT2D eigenvalue weighted by Gasteiger charge is 2.09. The molecule has 1 amide bonds. The van der Waals surface area contributed by atoms with Crippen LogP contribution in [-0.2, 0) is 4.74 Å². The fourth-order valence-corrected chi connectivity index (χ4v) is 2.71. The Morgan fingerprint density at radius 3 is 2.31 bits per heavy atom. The van der Waals surface area contributed by atoms with E-state index in [1.54, 1.807) is 49.5 Å². The number of carbonyl (C=O) groups excluding carboxylic acids is 2. The van der Waals surface area contributed by atoms with Crippen molar-refractivity contribution in [2.75, 3.05) is 17.2 Å². The minimum absolute atomic E-state index is 0.212. The van der Waals surface area contributed by atoms with Crippen molar-refractivity contribution in [2.45, 2.75) is 20.8 Å². The number of pyridine rings is 1. The van der Waals surface area contributed by atoms with E-state index >= 15 is 0 Å². The van der Waals surface area contributed by atoms with Crippen molar-refractivity contribution in [2.24, 2.45) is 0 Å². The predicted octanol–water partition coefficient (Wildman–Crippen LogP) is 4.87. The van der Waals surface area contributed by atoms with E-state index in [0.717, 1.165) is 16.9 Å². The Morgan fingerprint density at radius 2 is 1.62 bits per heavy atom. The molecule has 2 aromatic carbocycles. The molecule has 0 spiro atoms. The molecular formula is C23H23N3O3. The smallest absolute Gasteiger partial charge is 0.338 e. The van der Waals surface area contributed by atoms with Crippen LogP contribution in [0.3, 0.4) is 0 Å². The minimum Gasteiger partial charge on any atom is -0.462 e. The first-order valence-electron chi connectivity index (χ1n) is 9.35. The quantitative estimate of drug-likeness (QED) is 0.588. The zero-order valence-corrected chi connectivity index (χ0v) is 16.7. The third-order valence-corrected chi connectivity index (χ3v) is 4.46. The summed E-state index contributed by atoms with van der Waals surface area (Å²) < 4.78 is 4.97. The normalized spacial score (nSPS) is 10.3. The van der Waals surface area contributed by atoms with Gasteiger partial charge in [0.25, 0.3) is 5.91 Å². The molecule has 6 heteroatoms. The molecule has 3 aromatic rings. The van der Waals surface area contributed by atoms with Gasteiger partial charge in [-0.05, 0) is 80.4 Å². The van der Waals surface area contributed by atoms with Crippen LogP contribution in [0.4, 0.5) is 17.2 Å². The highest BCUT2D eigenvalue weighted by Crippen LogP contribution is 2.19. The zero-order chi connectivity index (χ0) is 20.8. The van der Waals surface area contributed by atoms with Crippen LogP contribution in [0.2, 0.25) is 0 Å². The molecule has 6 nitrogen and oxygen atoms in total. The monoisotopic (exact) mass is 389 g/mol. The SMILES string of the molecule is CCOC(=O)c1ccc(Nc2cc(C(=O)Nc3ccc(C)c(C)c3)ccn2)cc1. The van der Waals surface area contributed by atoms with Crippen LogP contribution < -0.4 is 10.6 Å². The topological polar surface area (TPSA) is 80.3 Å². The Labute approximate surface area is 169 Å². The Morgan fingerprint density at radius 1 is 0.897 bits per heavy atom. The van der Waals surface area contributed by atoms with Gasteiger partial charge >= 0.3 is 5.97 Å². The van der Waals surface area contributed by atoms with Crippen LogP contribution in [0.5, 0.6) is 0 Å². The van der Waals surface area contributed by atoms with Crippen molar-refractivity contribution in [1.82, 2.24) is 4.98 Å². The number of hydrogen-bond donors (Lipinski definition) is 2. The van der Waals surface area contributed by atoms with Gasteiger partial charge in [0.15, 0.2) is 0 Å². The average Bonchev–Trinajstić information content (AvgIpc) is 2.72. The Balaban J connectivity index is 1.69. The van der Waals surface area contributed by atoms with Gasteiger partial charge in [-0.25, -0.2) is 9.78 Å². The van der Waals surface area contributed by atoms with E-state index in [1.165, 1.54) is 5.56 Å². The van der Waals surface area contributed by atoms with Gasteiger partial charge in [0, 0.05) is 23.1 Å². The van der Waals surface area contributed by atoms with Crippen molar-refractivity contribution >= 4 is 29.1 Å². The second-order valence-electron chi connectivity index (χ2n) is 6.61. The van der Waals surface area contributed by atoms with Gasteiger partial charge in [-0.1, -0.05) is 6.07 Å². The molecule has 1 heterocycles. The molecule has 0 aliphatic rings. The largest absolute Gasteiger partial charge is 0.462 e. The van der Waals surface area contributed by atoms with Crippen molar-refractivity contribution < 1.29 is 14.3 Å². The van der Waals surface area contributed by atoms with Crippen LogP contribution in [0.25, 0.3) is 0 Å². The molecule has 0 saturated carbocycles. The number of esters is 1. The van der Waals surface area contributed by atoms with Crippen molar-refractivity contribution in [3.05, 3.63) is 83.0 Å². The number of benzene rings is 2. The number of nitrogens with zero attached hydrogens (tertiary/aromatic N) is 1. The van der Waals surface area contributed by atoms with Gasteiger partial charge < -0.3 is 15.4 Å². The van der Waals surface area contributed by atoms with Crippen molar-refractivity contribution in [3.63, 3.8) is 0 Å². The van der Waals surface area contributed by atoms with Crippen molar-refractivity contribution in [3.8, 4) is 0 Å². The van der Waals surface area contributed by atoms with Gasteiger partial charge in [0.1, 0.15) is 5.82 Å². The van der Waals surface area contributed by atoms with E-state index in [9.17, 15) is 9.59 Å². The summed E-state index contributed by atoms with van der Waals surface area (Å²) in [7, 11) is 0. The summed E-state index contributed by atoms with van der Waals surface area (Å²) in [5.74, 6) is -0.0415. The van der Waals surface area contributed by atoms with Gasteiger partial charge in [-0.2, -0.15) is 0 Å². The summed E-state index contributed by atoms with van der Waals surface area (Å²) >= 11 is 0. The first-order valence-corrected chi connectivity index (χ1v) is 9.35. The summed E-state index contributed by atoms with van der Waals surface area (Å²) in [6.07, 6.45) is 1.57. The maximum absolute atomic E-state index is 12.6.